The summed E-state index contributed by atoms with van der Waals surface area (Å²) in [6.45, 7) is 5.93. The Balaban J connectivity index is 1.27. The summed E-state index contributed by atoms with van der Waals surface area (Å²) in [6, 6.07) is 16.5. The molecule has 1 N–H and O–H groups in total. The summed E-state index contributed by atoms with van der Waals surface area (Å²) in [6.07, 6.45) is 1.67. The van der Waals surface area contributed by atoms with Crippen molar-refractivity contribution >= 4 is 29.2 Å². The molecule has 6 nitrogen and oxygen atoms in total. The molecule has 0 aromatic heterocycles. The van der Waals surface area contributed by atoms with E-state index in [4.69, 9.17) is 11.6 Å². The first-order valence-electron chi connectivity index (χ1n) is 10.9. The Bertz CT molecular complexity index is 922. The molecule has 0 aliphatic carbocycles. The molecule has 2 aliphatic rings. The number of nitrogens with one attached hydrogen (secondary N) is 1. The monoisotopic (exact) mass is 439 g/mol. The van der Waals surface area contributed by atoms with Crippen molar-refractivity contribution in [2.45, 2.75) is 25.9 Å². The number of hydrogen-bond donors (Lipinski definition) is 1. The molecule has 0 atom stereocenters. The second kappa shape index (κ2) is 10.1. The van der Waals surface area contributed by atoms with Crippen LogP contribution in [0.25, 0.3) is 0 Å². The third kappa shape index (κ3) is 5.31. The number of aliphatic imine (C=N–C) groups is 1. The van der Waals surface area contributed by atoms with Crippen molar-refractivity contribution in [2.75, 3.05) is 44.7 Å². The lowest BCUT2D eigenvalue weighted by Crippen LogP contribution is -2.52. The third-order valence-electron chi connectivity index (χ3n) is 6.00. The molecule has 2 saturated heterocycles. The highest BCUT2D eigenvalue weighted by Gasteiger charge is 2.21. The van der Waals surface area contributed by atoms with E-state index in [9.17, 15) is 4.79 Å². The largest absolute Gasteiger partial charge is 0.367 e. The van der Waals surface area contributed by atoms with Gasteiger partial charge in [-0.2, -0.15) is 0 Å². The fourth-order valence-electron chi connectivity index (χ4n) is 4.23. The van der Waals surface area contributed by atoms with Crippen LogP contribution in [0.2, 0.25) is 5.02 Å². The van der Waals surface area contributed by atoms with Crippen LogP contribution in [0.1, 0.15) is 24.0 Å². The Morgan fingerprint density at radius 2 is 1.71 bits per heavy atom. The van der Waals surface area contributed by atoms with Crippen molar-refractivity contribution < 1.29 is 4.79 Å². The lowest BCUT2D eigenvalue weighted by atomic mass is 10.1. The molecule has 2 fully saturated rings. The molecule has 1 amide bonds. The van der Waals surface area contributed by atoms with Gasteiger partial charge in [0, 0.05) is 59.3 Å². The predicted molar refractivity (Wildman–Crippen MR) is 127 cm³/mol. The van der Waals surface area contributed by atoms with Crippen molar-refractivity contribution in [3.05, 3.63) is 64.7 Å². The van der Waals surface area contributed by atoms with Gasteiger partial charge in [-0.3, -0.25) is 9.79 Å². The number of anilines is 1. The minimum Gasteiger partial charge on any atom is -0.367 e. The van der Waals surface area contributed by atoms with E-state index in [1.54, 1.807) is 0 Å². The molecule has 2 heterocycles. The van der Waals surface area contributed by atoms with Crippen LogP contribution < -0.4 is 10.2 Å². The smallest absolute Gasteiger partial charge is 0.222 e. The van der Waals surface area contributed by atoms with Crippen LogP contribution >= 0.6 is 11.6 Å². The maximum atomic E-state index is 11.8. The number of nitrogens with zero attached hydrogens (tertiary/aromatic N) is 4. The quantitative estimate of drug-likeness (QED) is 0.573. The van der Waals surface area contributed by atoms with Crippen molar-refractivity contribution in [2.24, 2.45) is 4.99 Å². The van der Waals surface area contributed by atoms with E-state index in [1.165, 1.54) is 11.1 Å². The maximum Gasteiger partial charge on any atom is 0.222 e. The second-order valence-electron chi connectivity index (χ2n) is 8.06. The van der Waals surface area contributed by atoms with Gasteiger partial charge in [0.25, 0.3) is 0 Å². The van der Waals surface area contributed by atoms with Crippen molar-refractivity contribution in [3.8, 4) is 0 Å². The van der Waals surface area contributed by atoms with Crippen LogP contribution in [0.15, 0.2) is 53.5 Å². The summed E-state index contributed by atoms with van der Waals surface area (Å²) in [4.78, 5) is 22.9. The van der Waals surface area contributed by atoms with Gasteiger partial charge in [0.05, 0.1) is 10.7 Å². The molecular weight excluding hydrogens is 410 g/mol. The molecule has 2 aromatic rings. The van der Waals surface area contributed by atoms with Crippen LogP contribution in [-0.2, 0) is 17.9 Å². The molecule has 164 valence electrons. The number of hydrogen-bond acceptors (Lipinski definition) is 3. The average molecular weight is 440 g/mol. The molecule has 7 heteroatoms. The Labute approximate surface area is 189 Å². The van der Waals surface area contributed by atoms with Gasteiger partial charge in [0.2, 0.25) is 5.91 Å². The van der Waals surface area contributed by atoms with Crippen LogP contribution in [0, 0.1) is 0 Å². The first-order valence-corrected chi connectivity index (χ1v) is 11.3. The summed E-state index contributed by atoms with van der Waals surface area (Å²) in [7, 11) is 1.83. The van der Waals surface area contributed by atoms with E-state index < -0.39 is 0 Å². The Morgan fingerprint density at radius 1 is 1.00 bits per heavy atom. The molecule has 0 radical (unpaired) electrons. The molecular formula is C24H30ClN5O. The van der Waals surface area contributed by atoms with Crippen LogP contribution in [-0.4, -0.2) is 61.4 Å². The summed E-state index contributed by atoms with van der Waals surface area (Å²) in [5.41, 5.74) is 3.48. The van der Waals surface area contributed by atoms with Gasteiger partial charge < -0.3 is 20.0 Å². The SMILES string of the molecule is CN=C(NCc1ccc(CN2CCCC2=O)cc1)N1CCN(c2ccccc2Cl)CC1. The van der Waals surface area contributed by atoms with Gasteiger partial charge >= 0.3 is 0 Å². The second-order valence-corrected chi connectivity index (χ2v) is 8.47. The summed E-state index contributed by atoms with van der Waals surface area (Å²) in [5, 5.41) is 4.29. The first kappa shape index (κ1) is 21.5. The number of para-hydroxylation sites is 1. The number of carbonyl (C=O) groups excluding carboxylic acids is 1. The highest BCUT2D eigenvalue weighted by Crippen LogP contribution is 2.26. The highest BCUT2D eigenvalue weighted by molar-refractivity contribution is 6.33. The number of amides is 1. The Hall–Kier alpha value is -2.73. The van der Waals surface area contributed by atoms with E-state index in [-0.39, 0.29) is 5.91 Å². The van der Waals surface area contributed by atoms with Gasteiger partial charge in [-0.15, -0.1) is 0 Å². The number of likely N-dealkylation sites (tertiary alicyclic amines) is 1. The van der Waals surface area contributed by atoms with Crippen LogP contribution in [0.3, 0.4) is 0 Å². The van der Waals surface area contributed by atoms with E-state index in [1.807, 2.05) is 30.1 Å². The third-order valence-corrected chi connectivity index (χ3v) is 6.32. The van der Waals surface area contributed by atoms with E-state index in [2.05, 4.69) is 50.4 Å². The zero-order valence-corrected chi connectivity index (χ0v) is 18.8. The van der Waals surface area contributed by atoms with Crippen LogP contribution in [0.4, 0.5) is 5.69 Å². The number of halogens is 1. The van der Waals surface area contributed by atoms with Crippen molar-refractivity contribution in [1.29, 1.82) is 0 Å². The average Bonchev–Trinajstić information content (AvgIpc) is 3.20. The normalized spacial score (nSPS) is 17.4. The molecule has 0 unspecified atom stereocenters. The fraction of sp³-hybridized carbons (Fsp3) is 0.417. The van der Waals surface area contributed by atoms with E-state index >= 15 is 0 Å². The van der Waals surface area contributed by atoms with Crippen LogP contribution in [0.5, 0.6) is 0 Å². The molecule has 4 rings (SSSR count). The van der Waals surface area contributed by atoms with E-state index in [0.29, 0.717) is 13.0 Å². The number of rotatable bonds is 5. The highest BCUT2D eigenvalue weighted by atomic mass is 35.5. The molecule has 0 spiro atoms. The maximum absolute atomic E-state index is 11.8. The standard InChI is InChI=1S/C24H30ClN5O/c1-26-24(29-15-13-28(14-16-29)22-6-3-2-5-21(22)25)27-17-19-8-10-20(11-9-19)18-30-12-4-7-23(30)31/h2-3,5-6,8-11H,4,7,12-18H2,1H3,(H,26,27). The minimum absolute atomic E-state index is 0.268. The fourth-order valence-corrected chi connectivity index (χ4v) is 4.49. The van der Waals surface area contributed by atoms with Gasteiger partial charge in [0.1, 0.15) is 0 Å². The minimum atomic E-state index is 0.268. The molecule has 0 saturated carbocycles. The summed E-state index contributed by atoms with van der Waals surface area (Å²) >= 11 is 6.36. The molecule has 2 aliphatic heterocycles. The zero-order chi connectivity index (χ0) is 21.6. The van der Waals surface area contributed by atoms with Gasteiger partial charge in [-0.25, -0.2) is 0 Å². The van der Waals surface area contributed by atoms with Crippen molar-refractivity contribution in [1.82, 2.24) is 15.1 Å². The number of piperazine rings is 1. The molecule has 0 bridgehead atoms. The number of benzene rings is 2. The first-order chi connectivity index (χ1) is 15.1. The van der Waals surface area contributed by atoms with E-state index in [0.717, 1.165) is 62.4 Å². The molecule has 2 aromatic carbocycles. The summed E-state index contributed by atoms with van der Waals surface area (Å²) in [5.74, 6) is 1.19. The van der Waals surface area contributed by atoms with Gasteiger partial charge in [-0.1, -0.05) is 48.0 Å². The topological polar surface area (TPSA) is 51.2 Å². The Morgan fingerprint density at radius 3 is 2.35 bits per heavy atom. The lowest BCUT2D eigenvalue weighted by molar-refractivity contribution is -0.128. The van der Waals surface area contributed by atoms with Gasteiger partial charge in [0.15, 0.2) is 5.96 Å². The van der Waals surface area contributed by atoms with Crippen molar-refractivity contribution in [3.63, 3.8) is 0 Å². The zero-order valence-electron chi connectivity index (χ0n) is 18.1. The van der Waals surface area contributed by atoms with Gasteiger partial charge in [-0.05, 0) is 29.7 Å². The summed E-state index contributed by atoms with van der Waals surface area (Å²) < 4.78 is 0. The predicted octanol–water partition coefficient (Wildman–Crippen LogP) is 3.36. The molecule has 31 heavy (non-hydrogen) atoms. The number of guanidine groups is 1. The Kier molecular flexibility index (Phi) is 6.97. The number of carbonyl (C=O) groups is 1. The lowest BCUT2D eigenvalue weighted by Gasteiger charge is -2.38.